The van der Waals surface area contributed by atoms with E-state index in [0.717, 1.165) is 44.3 Å². The van der Waals surface area contributed by atoms with Crippen LogP contribution < -0.4 is 9.80 Å². The molecule has 1 heterocycles. The van der Waals surface area contributed by atoms with Gasteiger partial charge < -0.3 is 9.87 Å². The third kappa shape index (κ3) is 16.5. The third-order valence-electron chi connectivity index (χ3n) is 11.1. The van der Waals surface area contributed by atoms with Gasteiger partial charge in [0, 0.05) is 43.5 Å². The number of hydrogen-bond donors (Lipinski definition) is 1. The maximum Gasteiger partial charge on any atom is 0.226 e. The first-order valence-electron chi connectivity index (χ1n) is 21.5. The van der Waals surface area contributed by atoms with E-state index in [1.807, 2.05) is 11.8 Å². The number of quaternary nitrogens is 1. The van der Waals surface area contributed by atoms with Crippen molar-refractivity contribution in [2.75, 3.05) is 26.3 Å². The van der Waals surface area contributed by atoms with Crippen molar-refractivity contribution in [3.8, 4) is 0 Å². The van der Waals surface area contributed by atoms with Gasteiger partial charge in [-0.05, 0) is 57.9 Å². The van der Waals surface area contributed by atoms with Gasteiger partial charge in [-0.25, -0.2) is 12.9 Å². The average Bonchev–Trinajstić information content (AvgIpc) is 3.58. The summed E-state index contributed by atoms with van der Waals surface area (Å²) < 4.78 is 31.8. The summed E-state index contributed by atoms with van der Waals surface area (Å²) in [4.78, 5) is 27.4. The minimum Gasteiger partial charge on any atom is -0.744 e. The molecule has 0 atom stereocenters. The maximum absolute atomic E-state index is 12.8. The number of unbranched alkanes of at least 4 members (excludes halogenated alkanes) is 14. The Hall–Kier alpha value is -3.53. The highest BCUT2D eigenvalue weighted by Gasteiger charge is 2.39. The Balaban J connectivity index is 0.000000655. The van der Waals surface area contributed by atoms with Gasteiger partial charge in [0.1, 0.15) is 21.5 Å². The lowest BCUT2D eigenvalue weighted by Crippen LogP contribution is -2.54. The molecular weight excluding hydrogens is 719 g/mol. The smallest absolute Gasteiger partial charge is 0.226 e. The minimum atomic E-state index is -4.27. The van der Waals surface area contributed by atoms with E-state index in [1.54, 1.807) is 12.1 Å². The molecule has 1 N–H and O–H groups in total. The summed E-state index contributed by atoms with van der Waals surface area (Å²) in [5, 5.41) is 3.21. The van der Waals surface area contributed by atoms with Crippen molar-refractivity contribution in [1.29, 1.82) is 0 Å². The normalized spacial score (nSPS) is 13.1. The second kappa shape index (κ2) is 25.7. The number of likely N-dealkylation sites (tertiary alicyclic amines) is 1. The zero-order valence-electron chi connectivity index (χ0n) is 35.0. The summed E-state index contributed by atoms with van der Waals surface area (Å²) in [6.45, 7) is 11.4. The summed E-state index contributed by atoms with van der Waals surface area (Å²) in [6.07, 6.45) is 23.0. The van der Waals surface area contributed by atoms with Gasteiger partial charge >= 0.3 is 0 Å². The number of rotatable bonds is 25. The molecule has 0 spiro atoms. The van der Waals surface area contributed by atoms with E-state index in [2.05, 4.69) is 74.6 Å². The van der Waals surface area contributed by atoms with Crippen LogP contribution in [0.15, 0.2) is 77.7 Å². The monoisotopic (exact) mass is 790 g/mol. The van der Waals surface area contributed by atoms with Crippen molar-refractivity contribution in [3.63, 3.8) is 0 Å². The largest absolute Gasteiger partial charge is 0.744 e. The van der Waals surface area contributed by atoms with Crippen molar-refractivity contribution in [1.82, 2.24) is 14.7 Å². The highest BCUT2D eigenvalue weighted by molar-refractivity contribution is 7.85. The first kappa shape index (κ1) is 46.8. The molecule has 3 aromatic rings. The number of amides is 2. The third-order valence-corrected chi connectivity index (χ3v) is 11.9. The lowest BCUT2D eigenvalue weighted by Gasteiger charge is -2.42. The molecule has 2 amide bonds. The Morgan fingerprint density at radius 3 is 1.62 bits per heavy atom. The number of nitrogens with zero attached hydrogens (tertiary/aromatic N) is 2. The number of nitrogens with one attached hydrogen (secondary N) is 1. The molecule has 3 aromatic carbocycles. The number of para-hydroxylation sites is 2. The Bertz CT molecular complexity index is 1650. The topological polar surface area (TPSA) is 107 Å². The fourth-order valence-electron chi connectivity index (χ4n) is 7.85. The molecule has 0 aliphatic carbocycles. The van der Waals surface area contributed by atoms with Gasteiger partial charge in [-0.3, -0.25) is 14.5 Å². The summed E-state index contributed by atoms with van der Waals surface area (Å²) in [5.41, 5.74) is 5.85. The number of carbonyl (C=O) groups is 2. The maximum atomic E-state index is 12.8. The van der Waals surface area contributed by atoms with E-state index >= 15 is 0 Å². The van der Waals surface area contributed by atoms with Crippen LogP contribution in [0.5, 0.6) is 0 Å². The predicted molar refractivity (Wildman–Crippen MR) is 231 cm³/mol. The molecule has 0 saturated carbocycles. The molecule has 56 heavy (non-hydrogen) atoms. The first-order valence-corrected chi connectivity index (χ1v) is 23.0. The van der Waals surface area contributed by atoms with Crippen LogP contribution in [0, 0.1) is 20.8 Å². The zero-order valence-corrected chi connectivity index (χ0v) is 35.9. The van der Waals surface area contributed by atoms with Crippen LogP contribution in [0.3, 0.4) is 0 Å². The van der Waals surface area contributed by atoms with Gasteiger partial charge in [-0.2, -0.15) is 0 Å². The van der Waals surface area contributed by atoms with Gasteiger partial charge in [-0.1, -0.05) is 151 Å². The molecule has 1 saturated heterocycles. The van der Waals surface area contributed by atoms with Crippen LogP contribution >= 0.6 is 0 Å². The summed E-state index contributed by atoms with van der Waals surface area (Å²) >= 11 is 0. The van der Waals surface area contributed by atoms with E-state index in [1.165, 1.54) is 118 Å². The molecule has 0 bridgehead atoms. The Morgan fingerprint density at radius 1 is 0.696 bits per heavy atom. The molecule has 0 unspecified atom stereocenters. The highest BCUT2D eigenvalue weighted by atomic mass is 32.2. The van der Waals surface area contributed by atoms with Gasteiger partial charge in [-0.15, -0.1) is 0 Å². The fourth-order valence-corrected chi connectivity index (χ4v) is 8.32. The quantitative estimate of drug-likeness (QED) is 0.0522. The molecule has 1 aliphatic heterocycles. The van der Waals surface area contributed by atoms with E-state index in [-0.39, 0.29) is 16.7 Å². The van der Waals surface area contributed by atoms with Gasteiger partial charge in [0.05, 0.1) is 11.4 Å². The Labute approximate surface area is 339 Å². The van der Waals surface area contributed by atoms with Crippen LogP contribution in [0.2, 0.25) is 0 Å². The average molecular weight is 790 g/mol. The second-order valence-electron chi connectivity index (χ2n) is 15.8. The highest BCUT2D eigenvalue weighted by Crippen LogP contribution is 2.40. The van der Waals surface area contributed by atoms with Crippen LogP contribution in [0.1, 0.15) is 146 Å². The number of aryl methyl sites for hydroxylation is 3. The zero-order chi connectivity index (χ0) is 40.7. The SMILES string of the molecule is CCCCCCCCCCCCCCCCCC(=O)NCCC[N+](CN1CCCC1=O)(c1ccccc1C)c1ccccc1C.Cc1ccc(S(=O)(=O)[O-])cc1. The van der Waals surface area contributed by atoms with Gasteiger partial charge in [0.2, 0.25) is 11.8 Å². The first-order chi connectivity index (χ1) is 27.0. The lowest BCUT2D eigenvalue weighted by atomic mass is 10.0. The number of benzene rings is 3. The number of hydrogen-bond acceptors (Lipinski definition) is 5. The van der Waals surface area contributed by atoms with Crippen molar-refractivity contribution in [2.45, 2.75) is 155 Å². The molecule has 1 aliphatic rings. The Kier molecular flexibility index (Phi) is 21.5. The van der Waals surface area contributed by atoms with Crippen molar-refractivity contribution in [2.24, 2.45) is 0 Å². The minimum absolute atomic E-state index is 0.171. The van der Waals surface area contributed by atoms with Gasteiger partial charge in [0.25, 0.3) is 0 Å². The molecule has 0 radical (unpaired) electrons. The number of carbonyl (C=O) groups excluding carboxylic acids is 2. The molecule has 1 fully saturated rings. The van der Waals surface area contributed by atoms with Crippen LogP contribution in [-0.2, 0) is 19.7 Å². The molecule has 0 aromatic heterocycles. The summed E-state index contributed by atoms with van der Waals surface area (Å²) in [7, 11) is -4.27. The molecule has 9 heteroatoms. The van der Waals surface area contributed by atoms with E-state index in [0.29, 0.717) is 30.5 Å². The molecule has 4 rings (SSSR count). The fraction of sp³-hybridized carbons (Fsp3) is 0.574. The van der Waals surface area contributed by atoms with Crippen molar-refractivity contribution < 1.29 is 22.6 Å². The lowest BCUT2D eigenvalue weighted by molar-refractivity contribution is -0.129. The van der Waals surface area contributed by atoms with Crippen LogP contribution in [0.4, 0.5) is 11.4 Å². The second-order valence-corrected chi connectivity index (χ2v) is 17.2. The predicted octanol–water partition coefficient (Wildman–Crippen LogP) is 11.2. The summed E-state index contributed by atoms with van der Waals surface area (Å²) in [5.74, 6) is 0.417. The van der Waals surface area contributed by atoms with E-state index in [9.17, 15) is 22.6 Å². The van der Waals surface area contributed by atoms with Gasteiger partial charge in [0.15, 0.2) is 6.67 Å². The molecule has 310 valence electrons. The van der Waals surface area contributed by atoms with E-state index in [4.69, 9.17) is 0 Å². The molecular formula is C47H71N3O5S. The standard InChI is InChI=1S/C40H63N3O2.C7H8O3S/c1-4-5-6-7-8-9-10-11-12-13-14-15-16-17-18-29-39(44)41-31-24-33-43(34-42-32-23-30-40(42)45,37-27-21-19-25-35(37)2)38-28-22-20-26-36(38)3;1-6-2-4-7(5-3-6)11(8,9)10/h19-22,25-28H,4-18,23-24,29-34H2,1-3H3;2-5H,1H3,(H,8,9,10). The van der Waals surface area contributed by atoms with E-state index < -0.39 is 10.1 Å². The van der Waals surface area contributed by atoms with Crippen LogP contribution in [0.25, 0.3) is 0 Å². The van der Waals surface area contributed by atoms with Crippen molar-refractivity contribution >= 4 is 33.3 Å². The van der Waals surface area contributed by atoms with Crippen LogP contribution in [-0.4, -0.2) is 56.0 Å². The Morgan fingerprint density at radius 2 is 1.18 bits per heavy atom. The summed E-state index contributed by atoms with van der Waals surface area (Å²) in [6, 6.07) is 23.0. The van der Waals surface area contributed by atoms with Crippen molar-refractivity contribution in [3.05, 3.63) is 89.5 Å². The molecule has 8 nitrogen and oxygen atoms in total.